The van der Waals surface area contributed by atoms with Gasteiger partial charge in [-0.15, -0.1) is 11.3 Å². The normalized spacial score (nSPS) is 12.9. The van der Waals surface area contributed by atoms with E-state index in [-0.39, 0.29) is 0 Å². The van der Waals surface area contributed by atoms with Crippen molar-refractivity contribution in [3.63, 3.8) is 0 Å². The highest BCUT2D eigenvalue weighted by Crippen LogP contribution is 2.51. The molecule has 0 unspecified atom stereocenters. The Morgan fingerprint density at radius 1 is 0.842 bits per heavy atom. The van der Waals surface area contributed by atoms with Crippen molar-refractivity contribution in [3.8, 4) is 0 Å². The molecule has 4 rings (SSSR count). The molecule has 1 aliphatic heterocycles. The van der Waals surface area contributed by atoms with Gasteiger partial charge in [0.2, 0.25) is 0 Å². The number of aromatic nitrogens is 1. The Bertz CT molecular complexity index is 677. The van der Waals surface area contributed by atoms with Crippen molar-refractivity contribution in [1.29, 1.82) is 0 Å². The van der Waals surface area contributed by atoms with Crippen molar-refractivity contribution in [2.75, 3.05) is 4.90 Å². The first-order chi connectivity index (χ1) is 9.43. The van der Waals surface area contributed by atoms with Crippen LogP contribution in [0.5, 0.6) is 0 Å². The molecule has 1 aliphatic rings. The van der Waals surface area contributed by atoms with Gasteiger partial charge in [-0.05, 0) is 24.3 Å². The Balaban J connectivity index is 1.98. The van der Waals surface area contributed by atoms with Crippen LogP contribution >= 0.6 is 23.1 Å². The summed E-state index contributed by atoms with van der Waals surface area (Å²) < 4.78 is 0. The predicted octanol–water partition coefficient (Wildman–Crippen LogP) is 5.08. The molecule has 0 N–H and O–H groups in total. The van der Waals surface area contributed by atoms with E-state index < -0.39 is 0 Å². The number of anilines is 3. The minimum absolute atomic E-state index is 1.01. The Morgan fingerprint density at radius 2 is 1.47 bits per heavy atom. The van der Waals surface area contributed by atoms with E-state index in [1.807, 2.05) is 23.3 Å². The number of fused-ring (bicyclic) bond motifs is 2. The van der Waals surface area contributed by atoms with E-state index >= 15 is 0 Å². The van der Waals surface area contributed by atoms with Crippen LogP contribution in [0.1, 0.15) is 0 Å². The molecule has 3 aromatic rings. The van der Waals surface area contributed by atoms with Gasteiger partial charge in [-0.25, -0.2) is 4.98 Å². The molecular formula is C15H10N2S2. The number of hydrogen-bond acceptors (Lipinski definition) is 4. The van der Waals surface area contributed by atoms with Crippen molar-refractivity contribution >= 4 is 39.6 Å². The van der Waals surface area contributed by atoms with Gasteiger partial charge in [-0.1, -0.05) is 36.0 Å². The van der Waals surface area contributed by atoms with Crippen molar-refractivity contribution in [2.45, 2.75) is 9.79 Å². The van der Waals surface area contributed by atoms with E-state index in [1.165, 1.54) is 21.2 Å². The van der Waals surface area contributed by atoms with Crippen molar-refractivity contribution in [3.05, 3.63) is 60.1 Å². The zero-order chi connectivity index (χ0) is 12.7. The van der Waals surface area contributed by atoms with Crippen LogP contribution in [0.25, 0.3) is 0 Å². The van der Waals surface area contributed by atoms with Crippen LogP contribution in [0.3, 0.4) is 0 Å². The van der Waals surface area contributed by atoms with E-state index in [0.29, 0.717) is 0 Å². The molecule has 0 saturated carbocycles. The first-order valence-electron chi connectivity index (χ1n) is 5.99. The monoisotopic (exact) mass is 282 g/mol. The van der Waals surface area contributed by atoms with Crippen LogP contribution in [0.2, 0.25) is 0 Å². The standard InChI is InChI=1S/C15H10N2S2/c1-3-7-13-11(5-1)17(15-16-9-10-18-15)12-6-2-4-8-14(12)19-13/h1-10H. The fourth-order valence-corrected chi connectivity index (χ4v) is 3.96. The topological polar surface area (TPSA) is 16.1 Å². The lowest BCUT2D eigenvalue weighted by molar-refractivity contribution is 1.14. The molecule has 0 saturated heterocycles. The third-order valence-electron chi connectivity index (χ3n) is 3.04. The summed E-state index contributed by atoms with van der Waals surface area (Å²) in [6, 6.07) is 17.0. The summed E-state index contributed by atoms with van der Waals surface area (Å²) in [6.07, 6.45) is 1.85. The van der Waals surface area contributed by atoms with E-state index in [9.17, 15) is 0 Å². The van der Waals surface area contributed by atoms with Crippen LogP contribution in [-0.4, -0.2) is 4.98 Å². The van der Waals surface area contributed by atoms with Crippen LogP contribution in [0, 0.1) is 0 Å². The average molecular weight is 282 g/mol. The number of thiazole rings is 1. The maximum absolute atomic E-state index is 4.47. The highest BCUT2D eigenvalue weighted by molar-refractivity contribution is 7.99. The molecule has 0 amide bonds. The second kappa shape index (κ2) is 4.40. The molecular weight excluding hydrogens is 272 g/mol. The smallest absolute Gasteiger partial charge is 0.194 e. The fourth-order valence-electron chi connectivity index (χ4n) is 2.24. The minimum Gasteiger partial charge on any atom is -0.284 e. The molecule has 19 heavy (non-hydrogen) atoms. The zero-order valence-corrected chi connectivity index (χ0v) is 11.6. The van der Waals surface area contributed by atoms with Gasteiger partial charge in [0.15, 0.2) is 5.13 Å². The number of rotatable bonds is 1. The molecule has 0 radical (unpaired) electrons. The number of benzene rings is 2. The first kappa shape index (κ1) is 11.1. The molecule has 0 spiro atoms. The lowest BCUT2D eigenvalue weighted by Gasteiger charge is -2.30. The molecule has 2 aromatic carbocycles. The maximum atomic E-state index is 4.47. The highest BCUT2D eigenvalue weighted by Gasteiger charge is 2.25. The van der Waals surface area contributed by atoms with Crippen LogP contribution in [-0.2, 0) is 0 Å². The van der Waals surface area contributed by atoms with Gasteiger partial charge >= 0.3 is 0 Å². The Kier molecular flexibility index (Phi) is 2.57. The molecule has 92 valence electrons. The average Bonchev–Trinajstić information content (AvgIpc) is 2.98. The first-order valence-corrected chi connectivity index (χ1v) is 7.68. The summed E-state index contributed by atoms with van der Waals surface area (Å²) in [4.78, 5) is 9.26. The summed E-state index contributed by atoms with van der Waals surface area (Å²) in [5, 5.41) is 3.03. The summed E-state index contributed by atoms with van der Waals surface area (Å²) in [5.74, 6) is 0. The van der Waals surface area contributed by atoms with E-state index in [1.54, 1.807) is 11.3 Å². The second-order valence-electron chi connectivity index (χ2n) is 4.19. The van der Waals surface area contributed by atoms with Gasteiger partial charge in [0.05, 0.1) is 11.4 Å². The molecule has 0 bridgehead atoms. The SMILES string of the molecule is c1ccc2c(c1)Sc1ccccc1N2c1nccs1. The minimum atomic E-state index is 1.01. The van der Waals surface area contributed by atoms with Crippen LogP contribution in [0.15, 0.2) is 69.9 Å². The van der Waals surface area contributed by atoms with E-state index in [2.05, 4.69) is 58.4 Å². The lowest BCUT2D eigenvalue weighted by atomic mass is 10.2. The van der Waals surface area contributed by atoms with Crippen LogP contribution in [0.4, 0.5) is 16.5 Å². The summed E-state index contributed by atoms with van der Waals surface area (Å²) in [5.41, 5.74) is 2.42. The molecule has 1 aromatic heterocycles. The lowest BCUT2D eigenvalue weighted by Crippen LogP contribution is -2.14. The molecule has 2 heterocycles. The Hall–Kier alpha value is -1.78. The van der Waals surface area contributed by atoms with Crippen molar-refractivity contribution in [1.82, 2.24) is 4.98 Å². The van der Waals surface area contributed by atoms with Crippen LogP contribution < -0.4 is 4.90 Å². The molecule has 0 fully saturated rings. The highest BCUT2D eigenvalue weighted by atomic mass is 32.2. The fraction of sp³-hybridized carbons (Fsp3) is 0. The van der Waals surface area contributed by atoms with E-state index in [4.69, 9.17) is 0 Å². The van der Waals surface area contributed by atoms with Crippen molar-refractivity contribution < 1.29 is 0 Å². The van der Waals surface area contributed by atoms with Gasteiger partial charge in [0, 0.05) is 21.4 Å². The number of nitrogens with zero attached hydrogens (tertiary/aromatic N) is 2. The number of hydrogen-bond donors (Lipinski definition) is 0. The largest absolute Gasteiger partial charge is 0.284 e. The summed E-state index contributed by atoms with van der Waals surface area (Å²) >= 11 is 3.48. The Labute approximate surface area is 119 Å². The molecule has 0 aliphatic carbocycles. The van der Waals surface area contributed by atoms with Gasteiger partial charge in [0.1, 0.15) is 0 Å². The van der Waals surface area contributed by atoms with Gasteiger partial charge < -0.3 is 0 Å². The quantitative estimate of drug-likeness (QED) is 0.484. The zero-order valence-electron chi connectivity index (χ0n) is 9.98. The van der Waals surface area contributed by atoms with E-state index in [0.717, 1.165) is 5.13 Å². The summed E-state index contributed by atoms with van der Waals surface area (Å²) in [6.45, 7) is 0. The third kappa shape index (κ3) is 1.76. The number of para-hydroxylation sites is 2. The van der Waals surface area contributed by atoms with Gasteiger partial charge in [0.25, 0.3) is 0 Å². The Morgan fingerprint density at radius 3 is 2.05 bits per heavy atom. The van der Waals surface area contributed by atoms with Crippen molar-refractivity contribution in [2.24, 2.45) is 0 Å². The van der Waals surface area contributed by atoms with Gasteiger partial charge in [-0.2, -0.15) is 0 Å². The predicted molar refractivity (Wildman–Crippen MR) is 80.9 cm³/mol. The maximum Gasteiger partial charge on any atom is 0.194 e. The second-order valence-corrected chi connectivity index (χ2v) is 6.14. The summed E-state index contributed by atoms with van der Waals surface area (Å²) in [7, 11) is 0. The third-order valence-corrected chi connectivity index (χ3v) is 4.93. The molecule has 2 nitrogen and oxygen atoms in total. The molecule has 0 atom stereocenters. The molecule has 4 heteroatoms. The van der Waals surface area contributed by atoms with Gasteiger partial charge in [-0.3, -0.25) is 4.90 Å².